The third-order valence-electron chi connectivity index (χ3n) is 3.11. The second kappa shape index (κ2) is 8.12. The molecule has 4 nitrogen and oxygen atoms in total. The molecule has 0 heterocycles. The van der Waals surface area contributed by atoms with Gasteiger partial charge in [-0.2, -0.15) is 4.31 Å². The monoisotopic (exact) mass is 362 g/mol. The van der Waals surface area contributed by atoms with Gasteiger partial charge in [-0.15, -0.1) is 0 Å². The van der Waals surface area contributed by atoms with E-state index in [9.17, 15) is 8.42 Å². The van der Waals surface area contributed by atoms with E-state index >= 15 is 0 Å². The molecule has 0 amide bonds. The van der Waals surface area contributed by atoms with Crippen molar-refractivity contribution < 1.29 is 8.42 Å². The van der Waals surface area contributed by atoms with Crippen molar-refractivity contribution in [1.29, 1.82) is 0 Å². The Kier molecular flexibility index (Phi) is 7.15. The number of hydrogen-bond donors (Lipinski definition) is 1. The molecule has 114 valence electrons. The van der Waals surface area contributed by atoms with E-state index in [2.05, 4.69) is 28.2 Å². The van der Waals surface area contributed by atoms with Crippen LogP contribution in [0.15, 0.2) is 27.6 Å². The number of rotatable bonds is 8. The summed E-state index contributed by atoms with van der Waals surface area (Å²) in [4.78, 5) is 0.350. The topological polar surface area (TPSA) is 49.4 Å². The van der Waals surface area contributed by atoms with Gasteiger partial charge in [0.25, 0.3) is 0 Å². The summed E-state index contributed by atoms with van der Waals surface area (Å²) in [6, 6.07) is 5.46. The van der Waals surface area contributed by atoms with Crippen LogP contribution in [0, 0.1) is 0 Å². The van der Waals surface area contributed by atoms with Gasteiger partial charge in [0.1, 0.15) is 0 Å². The summed E-state index contributed by atoms with van der Waals surface area (Å²) in [5.41, 5.74) is 0.959. The molecule has 1 aromatic carbocycles. The predicted molar refractivity (Wildman–Crippen MR) is 86.2 cm³/mol. The van der Waals surface area contributed by atoms with Gasteiger partial charge in [-0.3, -0.25) is 0 Å². The Morgan fingerprint density at radius 1 is 1.30 bits per heavy atom. The van der Waals surface area contributed by atoms with Crippen molar-refractivity contribution in [2.75, 3.05) is 20.1 Å². The van der Waals surface area contributed by atoms with Gasteiger partial charge < -0.3 is 5.32 Å². The van der Waals surface area contributed by atoms with E-state index < -0.39 is 10.0 Å². The fraction of sp³-hybridized carbons (Fsp3) is 0.571. The fourth-order valence-electron chi connectivity index (χ4n) is 1.98. The van der Waals surface area contributed by atoms with E-state index in [1.165, 1.54) is 0 Å². The van der Waals surface area contributed by atoms with Gasteiger partial charge in [-0.05, 0) is 47.1 Å². The lowest BCUT2D eigenvalue weighted by Gasteiger charge is -2.21. The first-order chi connectivity index (χ1) is 9.47. The number of unbranched alkanes of at least 4 members (excludes halogenated alkanes) is 1. The average molecular weight is 363 g/mol. The summed E-state index contributed by atoms with van der Waals surface area (Å²) in [7, 11) is -1.59. The van der Waals surface area contributed by atoms with Crippen LogP contribution < -0.4 is 5.32 Å². The molecule has 0 radical (unpaired) electrons. The smallest absolute Gasteiger partial charge is 0.244 e. The maximum Gasteiger partial charge on any atom is 0.244 e. The predicted octanol–water partition coefficient (Wildman–Crippen LogP) is 2.98. The molecular formula is C14H23BrN2O2S. The van der Waals surface area contributed by atoms with Gasteiger partial charge in [0.15, 0.2) is 0 Å². The van der Waals surface area contributed by atoms with E-state index in [-0.39, 0.29) is 0 Å². The Balaban J connectivity index is 3.15. The first kappa shape index (κ1) is 17.6. The second-order valence-corrected chi connectivity index (χ2v) is 7.41. The average Bonchev–Trinajstić information content (AvgIpc) is 2.41. The van der Waals surface area contributed by atoms with E-state index in [1.807, 2.05) is 20.0 Å². The molecule has 0 aliphatic carbocycles. The zero-order valence-electron chi connectivity index (χ0n) is 12.3. The number of benzene rings is 1. The molecule has 0 atom stereocenters. The van der Waals surface area contributed by atoms with Crippen molar-refractivity contribution in [2.45, 2.75) is 38.1 Å². The molecule has 1 rings (SSSR count). The largest absolute Gasteiger partial charge is 0.316 e. The molecule has 20 heavy (non-hydrogen) atoms. The standard InChI is InChI=1S/C14H23BrN2O2S/c1-4-6-9-17(5-2)20(18,19)14-10-12(11-16-3)7-8-13(14)15/h7-8,10,16H,4-6,9,11H2,1-3H3. The molecule has 0 bridgehead atoms. The third kappa shape index (κ3) is 4.28. The molecule has 0 aliphatic heterocycles. The third-order valence-corrected chi connectivity index (χ3v) is 6.08. The first-order valence-corrected chi connectivity index (χ1v) is 9.13. The first-order valence-electron chi connectivity index (χ1n) is 6.90. The minimum absolute atomic E-state index is 0.350. The summed E-state index contributed by atoms with van der Waals surface area (Å²) in [5, 5.41) is 3.04. The molecule has 0 aliphatic rings. The highest BCUT2D eigenvalue weighted by Crippen LogP contribution is 2.26. The summed E-state index contributed by atoms with van der Waals surface area (Å²) < 4.78 is 27.6. The number of halogens is 1. The SMILES string of the molecule is CCCCN(CC)S(=O)(=O)c1cc(CNC)ccc1Br. The lowest BCUT2D eigenvalue weighted by atomic mass is 10.2. The van der Waals surface area contributed by atoms with Crippen LogP contribution in [0.3, 0.4) is 0 Å². The molecule has 0 spiro atoms. The fourth-order valence-corrected chi connectivity index (χ4v) is 4.44. The molecule has 0 saturated heterocycles. The second-order valence-electron chi connectivity index (χ2n) is 4.65. The Labute approximate surface area is 130 Å². The van der Waals surface area contributed by atoms with Gasteiger partial charge in [0, 0.05) is 24.1 Å². The number of nitrogens with one attached hydrogen (secondary N) is 1. The number of sulfonamides is 1. The lowest BCUT2D eigenvalue weighted by molar-refractivity contribution is 0.418. The molecular weight excluding hydrogens is 340 g/mol. The van der Waals surface area contributed by atoms with Crippen LogP contribution in [-0.4, -0.2) is 32.9 Å². The van der Waals surface area contributed by atoms with Crippen LogP contribution in [0.2, 0.25) is 0 Å². The Morgan fingerprint density at radius 3 is 2.55 bits per heavy atom. The minimum Gasteiger partial charge on any atom is -0.316 e. The van der Waals surface area contributed by atoms with Crippen molar-refractivity contribution >= 4 is 26.0 Å². The highest BCUT2D eigenvalue weighted by atomic mass is 79.9. The van der Waals surface area contributed by atoms with Crippen molar-refractivity contribution in [2.24, 2.45) is 0 Å². The van der Waals surface area contributed by atoms with E-state index in [0.717, 1.165) is 18.4 Å². The van der Waals surface area contributed by atoms with Gasteiger partial charge in [-0.25, -0.2) is 8.42 Å². The maximum absolute atomic E-state index is 12.7. The highest BCUT2D eigenvalue weighted by molar-refractivity contribution is 9.10. The van der Waals surface area contributed by atoms with Crippen LogP contribution in [0.1, 0.15) is 32.3 Å². The van der Waals surface area contributed by atoms with Gasteiger partial charge in [0.05, 0.1) is 4.90 Å². The molecule has 1 aromatic rings. The van der Waals surface area contributed by atoms with Crippen LogP contribution >= 0.6 is 15.9 Å². The molecule has 6 heteroatoms. The maximum atomic E-state index is 12.7. The van der Waals surface area contributed by atoms with Gasteiger partial charge in [0.2, 0.25) is 10.0 Å². The summed E-state index contributed by atoms with van der Waals surface area (Å²) in [5.74, 6) is 0. The Morgan fingerprint density at radius 2 is 2.00 bits per heavy atom. The number of nitrogens with zero attached hydrogens (tertiary/aromatic N) is 1. The quantitative estimate of drug-likeness (QED) is 0.773. The van der Waals surface area contributed by atoms with Crippen LogP contribution in [-0.2, 0) is 16.6 Å². The lowest BCUT2D eigenvalue weighted by Crippen LogP contribution is -2.32. The van der Waals surface area contributed by atoms with E-state index in [1.54, 1.807) is 16.4 Å². The molecule has 1 N–H and O–H groups in total. The molecule has 0 fully saturated rings. The van der Waals surface area contributed by atoms with E-state index in [4.69, 9.17) is 0 Å². The van der Waals surface area contributed by atoms with Gasteiger partial charge in [-0.1, -0.05) is 26.3 Å². The normalized spacial score (nSPS) is 12.1. The summed E-state index contributed by atoms with van der Waals surface area (Å²) in [6.07, 6.45) is 1.86. The Hall–Kier alpha value is -0.430. The van der Waals surface area contributed by atoms with Gasteiger partial charge >= 0.3 is 0 Å². The highest BCUT2D eigenvalue weighted by Gasteiger charge is 2.25. The number of hydrogen-bond acceptors (Lipinski definition) is 3. The minimum atomic E-state index is -3.44. The zero-order chi connectivity index (χ0) is 15.2. The summed E-state index contributed by atoms with van der Waals surface area (Å²) in [6.45, 7) is 5.64. The summed E-state index contributed by atoms with van der Waals surface area (Å²) >= 11 is 3.36. The van der Waals surface area contributed by atoms with E-state index in [0.29, 0.717) is 29.0 Å². The molecule has 0 aromatic heterocycles. The Bertz CT molecular complexity index is 532. The van der Waals surface area contributed by atoms with Crippen molar-refractivity contribution in [1.82, 2.24) is 9.62 Å². The van der Waals surface area contributed by atoms with Crippen LogP contribution in [0.5, 0.6) is 0 Å². The van der Waals surface area contributed by atoms with Crippen molar-refractivity contribution in [3.63, 3.8) is 0 Å². The van der Waals surface area contributed by atoms with Crippen molar-refractivity contribution in [3.8, 4) is 0 Å². The van der Waals surface area contributed by atoms with Crippen LogP contribution in [0.4, 0.5) is 0 Å². The zero-order valence-corrected chi connectivity index (χ0v) is 14.7. The van der Waals surface area contributed by atoms with Crippen LogP contribution in [0.25, 0.3) is 0 Å². The molecule has 0 saturated carbocycles. The van der Waals surface area contributed by atoms with Crippen molar-refractivity contribution in [3.05, 3.63) is 28.2 Å². The molecule has 0 unspecified atom stereocenters.